The lowest BCUT2D eigenvalue weighted by molar-refractivity contribution is -0.125. The monoisotopic (exact) mass is 605 g/mol. The number of benzene rings is 4. The molecule has 0 spiro atoms. The van der Waals surface area contributed by atoms with Crippen molar-refractivity contribution in [3.63, 3.8) is 0 Å². The van der Waals surface area contributed by atoms with Crippen LogP contribution in [0.2, 0.25) is 5.02 Å². The van der Waals surface area contributed by atoms with E-state index < -0.39 is 36.2 Å². The topological polar surface area (TPSA) is 122 Å². The van der Waals surface area contributed by atoms with Crippen LogP contribution < -0.4 is 15.8 Å². The van der Waals surface area contributed by atoms with E-state index in [1.807, 2.05) is 48.5 Å². The molecule has 1 aliphatic heterocycles. The van der Waals surface area contributed by atoms with Crippen molar-refractivity contribution in [1.29, 1.82) is 0 Å². The average Bonchev–Trinajstić information content (AvgIpc) is 3.32. The second-order valence-electron chi connectivity index (χ2n) is 10.9. The molecule has 2 N–H and O–H groups in total. The molecule has 1 saturated heterocycles. The van der Waals surface area contributed by atoms with Crippen LogP contribution in [0.3, 0.4) is 0 Å². The molecule has 3 aliphatic carbocycles. The zero-order chi connectivity index (χ0) is 30.5. The van der Waals surface area contributed by atoms with Crippen LogP contribution in [0, 0.1) is 11.8 Å². The van der Waals surface area contributed by atoms with Crippen molar-refractivity contribution in [3.8, 4) is 0 Å². The Hall–Kier alpha value is -5.28. The zero-order valence-electron chi connectivity index (χ0n) is 23.0. The highest BCUT2D eigenvalue weighted by atomic mass is 35.5. The van der Waals surface area contributed by atoms with Crippen LogP contribution in [-0.4, -0.2) is 36.2 Å². The Morgan fingerprint density at radius 3 is 1.64 bits per heavy atom. The predicted molar refractivity (Wildman–Crippen MR) is 160 cm³/mol. The van der Waals surface area contributed by atoms with Gasteiger partial charge in [0.15, 0.2) is 6.61 Å². The predicted octanol–water partition coefficient (Wildman–Crippen LogP) is 4.35. The van der Waals surface area contributed by atoms with Crippen LogP contribution in [0.4, 0.5) is 5.69 Å². The van der Waals surface area contributed by atoms with Gasteiger partial charge >= 0.3 is 5.97 Å². The molecule has 0 radical (unpaired) electrons. The number of anilines is 1. The number of hydrazine groups is 1. The fraction of sp³-hybridized carbons (Fsp3) is 0.147. The van der Waals surface area contributed by atoms with E-state index in [2.05, 4.69) is 10.9 Å². The molecule has 8 rings (SSSR count). The summed E-state index contributed by atoms with van der Waals surface area (Å²) in [6.07, 6.45) is 0. The molecule has 4 aromatic rings. The van der Waals surface area contributed by atoms with Gasteiger partial charge in [0, 0.05) is 22.4 Å². The normalized spacial score (nSPS) is 20.8. The Kier molecular flexibility index (Phi) is 6.74. The molecular formula is C34H24ClN3O6. The second-order valence-corrected chi connectivity index (χ2v) is 11.3. The van der Waals surface area contributed by atoms with Crippen molar-refractivity contribution in [3.05, 3.63) is 135 Å². The molecule has 0 unspecified atom stereocenters. The third-order valence-electron chi connectivity index (χ3n) is 8.57. The summed E-state index contributed by atoms with van der Waals surface area (Å²) >= 11 is 5.81. The lowest BCUT2D eigenvalue weighted by Crippen LogP contribution is -2.43. The van der Waals surface area contributed by atoms with E-state index in [-0.39, 0.29) is 34.8 Å². The molecule has 4 aliphatic rings. The van der Waals surface area contributed by atoms with Crippen LogP contribution in [0.25, 0.3) is 0 Å². The van der Waals surface area contributed by atoms with E-state index in [1.54, 1.807) is 0 Å². The number of rotatable bonds is 5. The maximum atomic E-state index is 13.9. The molecule has 1 heterocycles. The molecule has 1 fully saturated rings. The number of halogens is 1. The van der Waals surface area contributed by atoms with E-state index in [1.165, 1.54) is 53.4 Å². The third-order valence-corrected chi connectivity index (χ3v) is 8.82. The van der Waals surface area contributed by atoms with Gasteiger partial charge in [0.25, 0.3) is 11.8 Å². The van der Waals surface area contributed by atoms with E-state index in [0.29, 0.717) is 10.7 Å². The van der Waals surface area contributed by atoms with Crippen LogP contribution >= 0.6 is 11.6 Å². The maximum Gasteiger partial charge on any atom is 0.338 e. The van der Waals surface area contributed by atoms with Gasteiger partial charge in [0.2, 0.25) is 11.8 Å². The maximum absolute atomic E-state index is 13.9. The number of ether oxygens (including phenoxy) is 1. The lowest BCUT2D eigenvalue weighted by atomic mass is 9.55. The molecule has 4 amide bonds. The van der Waals surface area contributed by atoms with Crippen molar-refractivity contribution in [1.82, 2.24) is 10.9 Å². The van der Waals surface area contributed by atoms with Gasteiger partial charge in [-0.3, -0.25) is 30.0 Å². The number of imide groups is 1. The van der Waals surface area contributed by atoms with E-state index in [0.717, 1.165) is 22.3 Å². The molecule has 9 nitrogen and oxygen atoms in total. The van der Waals surface area contributed by atoms with Crippen LogP contribution in [0.5, 0.6) is 0 Å². The SMILES string of the molecule is O=C(COC(=O)c1ccc(N2C(=O)[C@H]3C4c5ccccc5C(c5ccccc54)[C@@H]3C2=O)cc1)NNC(=O)c1ccc(Cl)cc1. The Balaban J connectivity index is 1.02. The molecule has 10 heteroatoms. The standard InChI is InChI=1S/C34H24ClN3O6/c35-20-13-9-18(10-14-20)31(40)37-36-26(39)17-44-34(43)19-11-15-21(16-12-19)38-32(41)29-27-22-5-1-2-6-23(22)28(30(29)33(38)42)25-8-4-3-7-24(25)27/h1-16,27-30H,17H2,(H,36,39)(H,37,40)/t27?,28?,29-,30-/m0/s1. The van der Waals surface area contributed by atoms with Crippen molar-refractivity contribution in [2.75, 3.05) is 11.5 Å². The van der Waals surface area contributed by atoms with Gasteiger partial charge in [-0.25, -0.2) is 9.69 Å². The number of hydrogen-bond donors (Lipinski definition) is 2. The number of carbonyl (C=O) groups excluding carboxylic acids is 5. The number of esters is 1. The molecule has 2 bridgehead atoms. The molecule has 218 valence electrons. The highest BCUT2D eigenvalue weighted by Gasteiger charge is 2.61. The molecule has 2 atom stereocenters. The van der Waals surface area contributed by atoms with Crippen molar-refractivity contribution in [2.45, 2.75) is 11.8 Å². The molecule has 0 aromatic heterocycles. The van der Waals surface area contributed by atoms with Gasteiger partial charge in [-0.2, -0.15) is 0 Å². The van der Waals surface area contributed by atoms with Crippen LogP contribution in [0.15, 0.2) is 97.1 Å². The van der Waals surface area contributed by atoms with E-state index in [9.17, 15) is 24.0 Å². The highest BCUT2D eigenvalue weighted by molar-refractivity contribution is 6.30. The number of nitrogens with zero attached hydrogens (tertiary/aromatic N) is 1. The summed E-state index contributed by atoms with van der Waals surface area (Å²) in [5.74, 6) is -4.06. The Morgan fingerprint density at radius 2 is 1.14 bits per heavy atom. The Bertz CT molecular complexity index is 1740. The first-order valence-corrected chi connectivity index (χ1v) is 14.4. The summed E-state index contributed by atoms with van der Waals surface area (Å²) in [7, 11) is 0. The number of carbonyl (C=O) groups is 5. The summed E-state index contributed by atoms with van der Waals surface area (Å²) in [4.78, 5) is 65.9. The first-order valence-electron chi connectivity index (χ1n) is 14.0. The summed E-state index contributed by atoms with van der Waals surface area (Å²) in [6.45, 7) is -0.641. The Morgan fingerprint density at radius 1 is 0.659 bits per heavy atom. The average molecular weight is 606 g/mol. The summed E-state index contributed by atoms with van der Waals surface area (Å²) in [5, 5.41) is 0.464. The van der Waals surface area contributed by atoms with Crippen LogP contribution in [-0.2, 0) is 19.1 Å². The van der Waals surface area contributed by atoms with Crippen molar-refractivity contribution >= 4 is 46.9 Å². The number of hydrogen-bond acceptors (Lipinski definition) is 6. The van der Waals surface area contributed by atoms with Crippen LogP contribution in [0.1, 0.15) is 54.8 Å². The molecule has 44 heavy (non-hydrogen) atoms. The minimum Gasteiger partial charge on any atom is -0.452 e. The minimum absolute atomic E-state index is 0.128. The van der Waals surface area contributed by atoms with Crippen molar-refractivity contribution < 1.29 is 28.7 Å². The second kappa shape index (κ2) is 10.8. The number of amides is 4. The third kappa shape index (κ3) is 4.44. The summed E-state index contributed by atoms with van der Waals surface area (Å²) in [6, 6.07) is 28.1. The smallest absolute Gasteiger partial charge is 0.338 e. The van der Waals surface area contributed by atoms with E-state index in [4.69, 9.17) is 16.3 Å². The van der Waals surface area contributed by atoms with Gasteiger partial charge in [-0.05, 0) is 70.8 Å². The number of nitrogens with one attached hydrogen (secondary N) is 2. The largest absolute Gasteiger partial charge is 0.452 e. The van der Waals surface area contributed by atoms with Crippen molar-refractivity contribution in [2.24, 2.45) is 11.8 Å². The summed E-state index contributed by atoms with van der Waals surface area (Å²) < 4.78 is 5.07. The van der Waals surface area contributed by atoms with Gasteiger partial charge in [-0.1, -0.05) is 60.1 Å². The Labute approximate surface area is 256 Å². The van der Waals surface area contributed by atoms with Gasteiger partial charge in [-0.15, -0.1) is 0 Å². The molecule has 0 saturated carbocycles. The minimum atomic E-state index is -0.785. The fourth-order valence-electron chi connectivity index (χ4n) is 6.73. The first kappa shape index (κ1) is 27.5. The van der Waals surface area contributed by atoms with Gasteiger partial charge < -0.3 is 4.74 Å². The van der Waals surface area contributed by atoms with Gasteiger partial charge in [0.05, 0.1) is 23.1 Å². The molecule has 4 aromatic carbocycles. The zero-order valence-corrected chi connectivity index (χ0v) is 23.8. The highest BCUT2D eigenvalue weighted by Crippen LogP contribution is 2.61. The fourth-order valence-corrected chi connectivity index (χ4v) is 6.85. The lowest BCUT2D eigenvalue weighted by Gasteiger charge is -2.45. The van der Waals surface area contributed by atoms with Gasteiger partial charge in [0.1, 0.15) is 0 Å². The first-order chi connectivity index (χ1) is 21.3. The van der Waals surface area contributed by atoms with E-state index >= 15 is 0 Å². The summed E-state index contributed by atoms with van der Waals surface area (Å²) in [5.41, 5.74) is 9.54. The quantitative estimate of drug-likeness (QED) is 0.198. The molecular weight excluding hydrogens is 582 g/mol.